The van der Waals surface area contributed by atoms with E-state index in [2.05, 4.69) is 17.3 Å². The van der Waals surface area contributed by atoms with Gasteiger partial charge in [-0.05, 0) is 25.4 Å². The van der Waals surface area contributed by atoms with Gasteiger partial charge in [-0.2, -0.15) is 0 Å². The molecule has 2 aliphatic rings. The van der Waals surface area contributed by atoms with E-state index in [1.165, 1.54) is 0 Å². The molecule has 0 aromatic rings. The van der Waals surface area contributed by atoms with Gasteiger partial charge in [-0.15, -0.1) is 0 Å². The van der Waals surface area contributed by atoms with Crippen molar-refractivity contribution in [2.45, 2.75) is 19.4 Å². The molecule has 2 fully saturated rings. The SMILES string of the molecule is CCC(=O)C1C2CNCC2CN1C. The van der Waals surface area contributed by atoms with Crippen molar-refractivity contribution in [2.24, 2.45) is 11.8 Å². The van der Waals surface area contributed by atoms with Crippen LogP contribution in [-0.2, 0) is 4.79 Å². The van der Waals surface area contributed by atoms with E-state index in [4.69, 9.17) is 0 Å². The number of ketones is 1. The van der Waals surface area contributed by atoms with Crippen LogP contribution in [0.15, 0.2) is 0 Å². The highest BCUT2D eigenvalue weighted by atomic mass is 16.1. The summed E-state index contributed by atoms with van der Waals surface area (Å²) in [5, 5.41) is 3.37. The van der Waals surface area contributed by atoms with E-state index in [1.54, 1.807) is 0 Å². The number of nitrogens with one attached hydrogen (secondary N) is 1. The maximum atomic E-state index is 11.7. The first kappa shape index (κ1) is 9.16. The molecular formula is C10H18N2O. The van der Waals surface area contributed by atoms with Crippen molar-refractivity contribution in [1.29, 1.82) is 0 Å². The molecule has 0 aliphatic carbocycles. The Kier molecular flexibility index (Phi) is 2.39. The zero-order valence-electron chi connectivity index (χ0n) is 8.42. The second-order valence-electron chi connectivity index (χ2n) is 4.29. The largest absolute Gasteiger partial charge is 0.316 e. The van der Waals surface area contributed by atoms with Gasteiger partial charge in [0, 0.05) is 19.5 Å². The Morgan fingerprint density at radius 3 is 3.00 bits per heavy atom. The maximum Gasteiger partial charge on any atom is 0.150 e. The van der Waals surface area contributed by atoms with E-state index in [-0.39, 0.29) is 6.04 Å². The molecule has 2 heterocycles. The molecule has 0 saturated carbocycles. The normalized spacial score (nSPS) is 39.4. The fraction of sp³-hybridized carbons (Fsp3) is 0.900. The Hall–Kier alpha value is -0.410. The van der Waals surface area contributed by atoms with Gasteiger partial charge in [0.1, 0.15) is 5.78 Å². The average Bonchev–Trinajstić information content (AvgIpc) is 2.62. The van der Waals surface area contributed by atoms with Crippen LogP contribution in [0.5, 0.6) is 0 Å². The zero-order chi connectivity index (χ0) is 9.42. The monoisotopic (exact) mass is 182 g/mol. The summed E-state index contributed by atoms with van der Waals surface area (Å²) in [6.07, 6.45) is 0.679. The van der Waals surface area contributed by atoms with Crippen molar-refractivity contribution in [3.63, 3.8) is 0 Å². The second kappa shape index (κ2) is 3.39. The second-order valence-corrected chi connectivity index (χ2v) is 4.29. The molecule has 3 heteroatoms. The van der Waals surface area contributed by atoms with E-state index >= 15 is 0 Å². The van der Waals surface area contributed by atoms with Crippen LogP contribution in [0, 0.1) is 11.8 Å². The van der Waals surface area contributed by atoms with Gasteiger partial charge >= 0.3 is 0 Å². The summed E-state index contributed by atoms with van der Waals surface area (Å²) >= 11 is 0. The Morgan fingerprint density at radius 2 is 2.31 bits per heavy atom. The average molecular weight is 182 g/mol. The summed E-state index contributed by atoms with van der Waals surface area (Å²) in [6.45, 7) is 5.19. The van der Waals surface area contributed by atoms with Gasteiger partial charge in [0.25, 0.3) is 0 Å². The molecule has 0 radical (unpaired) electrons. The molecule has 0 amide bonds. The summed E-state index contributed by atoms with van der Waals surface area (Å²) in [5.74, 6) is 1.71. The minimum absolute atomic E-state index is 0.199. The van der Waals surface area contributed by atoms with Crippen molar-refractivity contribution >= 4 is 5.78 Å². The Labute approximate surface area is 79.5 Å². The van der Waals surface area contributed by atoms with E-state index in [9.17, 15) is 4.79 Å². The molecule has 3 nitrogen and oxygen atoms in total. The summed E-state index contributed by atoms with van der Waals surface area (Å²) < 4.78 is 0. The fourth-order valence-electron chi connectivity index (χ4n) is 2.83. The first-order chi connectivity index (χ1) is 6.24. The first-order valence-electron chi connectivity index (χ1n) is 5.17. The summed E-state index contributed by atoms with van der Waals surface area (Å²) in [6, 6.07) is 0.199. The number of carbonyl (C=O) groups excluding carboxylic acids is 1. The highest BCUT2D eigenvalue weighted by Crippen LogP contribution is 2.32. The lowest BCUT2D eigenvalue weighted by Gasteiger charge is -2.21. The highest BCUT2D eigenvalue weighted by molar-refractivity contribution is 5.84. The van der Waals surface area contributed by atoms with Gasteiger partial charge in [0.15, 0.2) is 0 Å². The van der Waals surface area contributed by atoms with Gasteiger partial charge in [-0.3, -0.25) is 9.69 Å². The molecule has 1 N–H and O–H groups in total. The van der Waals surface area contributed by atoms with Crippen LogP contribution >= 0.6 is 0 Å². The van der Waals surface area contributed by atoms with Gasteiger partial charge in [0.2, 0.25) is 0 Å². The van der Waals surface area contributed by atoms with Crippen LogP contribution in [0.3, 0.4) is 0 Å². The number of nitrogens with zero attached hydrogens (tertiary/aromatic N) is 1. The molecule has 0 aromatic carbocycles. The molecule has 3 atom stereocenters. The predicted molar refractivity (Wildman–Crippen MR) is 51.6 cm³/mol. The number of likely N-dealkylation sites (tertiary alicyclic amines) is 1. The van der Waals surface area contributed by atoms with Crippen molar-refractivity contribution in [3.05, 3.63) is 0 Å². The van der Waals surface area contributed by atoms with Crippen molar-refractivity contribution in [1.82, 2.24) is 10.2 Å². The molecule has 13 heavy (non-hydrogen) atoms. The first-order valence-corrected chi connectivity index (χ1v) is 5.17. The third-order valence-electron chi connectivity index (χ3n) is 3.47. The molecule has 3 unspecified atom stereocenters. The minimum atomic E-state index is 0.199. The molecule has 0 aromatic heterocycles. The van der Waals surface area contributed by atoms with Gasteiger partial charge in [-0.1, -0.05) is 6.92 Å². The number of fused-ring (bicyclic) bond motifs is 1. The summed E-state index contributed by atoms with van der Waals surface area (Å²) in [4.78, 5) is 13.9. The van der Waals surface area contributed by atoms with Crippen molar-refractivity contribution in [3.8, 4) is 0 Å². The summed E-state index contributed by atoms with van der Waals surface area (Å²) in [5.41, 5.74) is 0. The third kappa shape index (κ3) is 1.40. The van der Waals surface area contributed by atoms with Gasteiger partial charge in [-0.25, -0.2) is 0 Å². The molecular weight excluding hydrogens is 164 g/mol. The molecule has 74 valence electrons. The number of likely N-dealkylation sites (N-methyl/N-ethyl adjacent to an activating group) is 1. The lowest BCUT2D eigenvalue weighted by molar-refractivity contribution is -0.123. The standard InChI is InChI=1S/C10H18N2O/c1-3-9(13)10-8-5-11-4-7(8)6-12(10)2/h7-8,10-11H,3-6H2,1-2H3. The number of hydrogen-bond donors (Lipinski definition) is 1. The van der Waals surface area contributed by atoms with Gasteiger partial charge < -0.3 is 5.32 Å². The van der Waals surface area contributed by atoms with Crippen LogP contribution < -0.4 is 5.32 Å². The number of hydrogen-bond acceptors (Lipinski definition) is 3. The zero-order valence-corrected chi connectivity index (χ0v) is 8.42. The molecule has 2 aliphatic heterocycles. The molecule has 2 saturated heterocycles. The van der Waals surface area contributed by atoms with Crippen LogP contribution in [0.1, 0.15) is 13.3 Å². The van der Waals surface area contributed by atoms with Gasteiger partial charge in [0.05, 0.1) is 6.04 Å². The van der Waals surface area contributed by atoms with E-state index in [1.807, 2.05) is 6.92 Å². The van der Waals surface area contributed by atoms with E-state index in [0.717, 1.165) is 19.6 Å². The maximum absolute atomic E-state index is 11.7. The van der Waals surface area contributed by atoms with Crippen molar-refractivity contribution in [2.75, 3.05) is 26.7 Å². The number of carbonyl (C=O) groups is 1. The van der Waals surface area contributed by atoms with E-state index in [0.29, 0.717) is 24.0 Å². The Morgan fingerprint density at radius 1 is 1.54 bits per heavy atom. The number of Topliss-reactive ketones (excluding diaryl/α,β-unsaturated/α-hetero) is 1. The number of rotatable bonds is 2. The van der Waals surface area contributed by atoms with Crippen LogP contribution in [0.4, 0.5) is 0 Å². The summed E-state index contributed by atoms with van der Waals surface area (Å²) in [7, 11) is 2.08. The lowest BCUT2D eigenvalue weighted by Crippen LogP contribution is -2.39. The minimum Gasteiger partial charge on any atom is -0.316 e. The topological polar surface area (TPSA) is 32.3 Å². The Balaban J connectivity index is 2.12. The quantitative estimate of drug-likeness (QED) is 0.658. The molecule has 2 rings (SSSR count). The van der Waals surface area contributed by atoms with E-state index < -0.39 is 0 Å². The third-order valence-corrected chi connectivity index (χ3v) is 3.47. The molecule has 0 spiro atoms. The lowest BCUT2D eigenvalue weighted by atomic mass is 9.91. The van der Waals surface area contributed by atoms with Crippen molar-refractivity contribution < 1.29 is 4.79 Å². The van der Waals surface area contributed by atoms with Crippen LogP contribution in [0.2, 0.25) is 0 Å². The van der Waals surface area contributed by atoms with Crippen LogP contribution in [-0.4, -0.2) is 43.4 Å². The highest BCUT2D eigenvalue weighted by Gasteiger charge is 2.45. The predicted octanol–water partition coefficient (Wildman–Crippen LogP) is 0.115. The smallest absolute Gasteiger partial charge is 0.150 e. The Bertz CT molecular complexity index is 217. The molecule has 0 bridgehead atoms. The fourth-order valence-corrected chi connectivity index (χ4v) is 2.83. The van der Waals surface area contributed by atoms with Crippen LogP contribution in [0.25, 0.3) is 0 Å².